The van der Waals surface area contributed by atoms with Crippen LogP contribution in [0, 0.1) is 5.41 Å². The van der Waals surface area contributed by atoms with E-state index in [-0.39, 0.29) is 24.0 Å². The molecule has 0 aromatic rings. The van der Waals surface area contributed by atoms with Gasteiger partial charge in [-0.15, -0.1) is 0 Å². The first-order valence-electron chi connectivity index (χ1n) is 5.46. The Hall–Kier alpha value is -0.840. The van der Waals surface area contributed by atoms with E-state index in [0.29, 0.717) is 0 Å². The molecule has 3 atom stereocenters. The predicted molar refractivity (Wildman–Crippen MR) is 60.3 cm³/mol. The van der Waals surface area contributed by atoms with Crippen molar-refractivity contribution in [2.45, 2.75) is 39.0 Å². The Morgan fingerprint density at radius 1 is 1.44 bits per heavy atom. The van der Waals surface area contributed by atoms with Gasteiger partial charge in [0.15, 0.2) is 0 Å². The molecule has 1 aliphatic heterocycles. The second kappa shape index (κ2) is 4.20. The summed E-state index contributed by atoms with van der Waals surface area (Å²) < 4.78 is 13.9. The zero-order valence-corrected chi connectivity index (χ0v) is 10.6. The van der Waals surface area contributed by atoms with Crippen molar-refractivity contribution in [3.8, 4) is 0 Å². The monoisotopic (exact) mass is 232 g/mol. The molecule has 4 nitrogen and oxygen atoms in total. The highest BCUT2D eigenvalue weighted by molar-refractivity contribution is 5.66. The summed E-state index contributed by atoms with van der Waals surface area (Å²) in [5, 5.41) is 9.11. The number of amides is 1. The lowest BCUT2D eigenvalue weighted by molar-refractivity contribution is 0.0745. The Bertz CT molecular complexity index is 276. The number of alkyl halides is 1. The molecule has 5 heteroatoms. The Labute approximate surface area is 96.0 Å². The van der Waals surface area contributed by atoms with Crippen molar-refractivity contribution in [2.75, 3.05) is 20.6 Å². The average Bonchev–Trinajstić information content (AvgIpc) is 2.41. The SMILES string of the molecule is CN(C)C1C(F)CN(C(=O)O)C1C(C)(C)C. The molecule has 1 aliphatic rings. The lowest BCUT2D eigenvalue weighted by Gasteiger charge is -2.39. The van der Waals surface area contributed by atoms with Gasteiger partial charge in [-0.2, -0.15) is 0 Å². The largest absolute Gasteiger partial charge is 0.465 e. The van der Waals surface area contributed by atoms with E-state index >= 15 is 0 Å². The van der Waals surface area contributed by atoms with Gasteiger partial charge in [0.2, 0.25) is 0 Å². The minimum atomic E-state index is -1.12. The van der Waals surface area contributed by atoms with E-state index in [2.05, 4.69) is 0 Å². The zero-order chi connectivity index (χ0) is 12.7. The van der Waals surface area contributed by atoms with E-state index in [1.54, 1.807) is 19.0 Å². The van der Waals surface area contributed by atoms with E-state index in [0.717, 1.165) is 0 Å². The molecule has 0 aliphatic carbocycles. The molecule has 1 N–H and O–H groups in total. The molecule has 0 aromatic heterocycles. The number of rotatable bonds is 1. The molecule has 1 fully saturated rings. The van der Waals surface area contributed by atoms with Crippen LogP contribution < -0.4 is 0 Å². The predicted octanol–water partition coefficient (Wildman–Crippen LogP) is 1.66. The summed E-state index contributed by atoms with van der Waals surface area (Å²) in [6, 6.07) is -0.675. The van der Waals surface area contributed by atoms with E-state index < -0.39 is 12.3 Å². The Kier molecular flexibility index (Phi) is 3.47. The van der Waals surface area contributed by atoms with Crippen LogP contribution in [0.2, 0.25) is 0 Å². The molecule has 0 aromatic carbocycles. The van der Waals surface area contributed by atoms with Gasteiger partial charge in [-0.1, -0.05) is 20.8 Å². The van der Waals surface area contributed by atoms with Gasteiger partial charge in [0.25, 0.3) is 0 Å². The molecule has 1 heterocycles. The van der Waals surface area contributed by atoms with Crippen molar-refractivity contribution >= 4 is 6.09 Å². The van der Waals surface area contributed by atoms with Crippen molar-refractivity contribution in [1.82, 2.24) is 9.80 Å². The van der Waals surface area contributed by atoms with Crippen LogP contribution in [0.3, 0.4) is 0 Å². The van der Waals surface area contributed by atoms with E-state index in [1.807, 2.05) is 20.8 Å². The summed E-state index contributed by atoms with van der Waals surface area (Å²) >= 11 is 0. The number of hydrogen-bond donors (Lipinski definition) is 1. The molecule has 16 heavy (non-hydrogen) atoms. The standard InChI is InChI=1S/C11H21FN2O2/c1-11(2,3)9-8(13(4)5)7(12)6-14(9)10(15)16/h7-9H,6H2,1-5H3,(H,15,16). The average molecular weight is 232 g/mol. The minimum absolute atomic E-state index is 0.0277. The molecule has 1 rings (SSSR count). The summed E-state index contributed by atoms with van der Waals surface area (Å²) in [5.41, 5.74) is -0.270. The van der Waals surface area contributed by atoms with Crippen LogP contribution in [0.15, 0.2) is 0 Å². The molecule has 0 radical (unpaired) electrons. The van der Waals surface area contributed by atoms with Crippen LogP contribution in [-0.4, -0.2) is 59.9 Å². The molecule has 0 bridgehead atoms. The number of nitrogens with zero attached hydrogens (tertiary/aromatic N) is 2. The molecule has 1 saturated heterocycles. The van der Waals surface area contributed by atoms with E-state index in [4.69, 9.17) is 5.11 Å². The number of halogens is 1. The first-order valence-corrected chi connectivity index (χ1v) is 5.46. The fraction of sp³-hybridized carbons (Fsp3) is 0.909. The first kappa shape index (κ1) is 13.2. The Balaban J connectivity index is 3.05. The minimum Gasteiger partial charge on any atom is -0.465 e. The number of carbonyl (C=O) groups is 1. The van der Waals surface area contributed by atoms with Gasteiger partial charge in [-0.25, -0.2) is 9.18 Å². The zero-order valence-electron chi connectivity index (χ0n) is 10.6. The summed E-state index contributed by atoms with van der Waals surface area (Å²) in [4.78, 5) is 14.1. The van der Waals surface area contributed by atoms with Crippen LogP contribution in [0.5, 0.6) is 0 Å². The van der Waals surface area contributed by atoms with Gasteiger partial charge >= 0.3 is 6.09 Å². The maximum absolute atomic E-state index is 13.9. The maximum Gasteiger partial charge on any atom is 0.407 e. The second-order valence-electron chi connectivity index (χ2n) is 5.72. The maximum atomic E-state index is 13.9. The molecular formula is C11H21FN2O2. The third-order valence-corrected chi connectivity index (χ3v) is 3.13. The van der Waals surface area contributed by atoms with E-state index in [9.17, 15) is 9.18 Å². The van der Waals surface area contributed by atoms with Gasteiger partial charge in [-0.05, 0) is 19.5 Å². The van der Waals surface area contributed by atoms with Crippen molar-refractivity contribution < 1.29 is 14.3 Å². The van der Waals surface area contributed by atoms with Gasteiger partial charge in [0, 0.05) is 0 Å². The highest BCUT2D eigenvalue weighted by atomic mass is 19.1. The Morgan fingerprint density at radius 3 is 2.25 bits per heavy atom. The third kappa shape index (κ3) is 2.29. The highest BCUT2D eigenvalue weighted by Crippen LogP contribution is 2.36. The van der Waals surface area contributed by atoms with Crippen LogP contribution in [0.1, 0.15) is 20.8 Å². The number of likely N-dealkylation sites (tertiary alicyclic amines) is 1. The number of likely N-dealkylation sites (N-methyl/N-ethyl adjacent to an activating group) is 1. The molecule has 1 amide bonds. The molecular weight excluding hydrogens is 211 g/mol. The van der Waals surface area contributed by atoms with Gasteiger partial charge in [0.1, 0.15) is 6.17 Å². The number of hydrogen-bond acceptors (Lipinski definition) is 2. The first-order chi connectivity index (χ1) is 7.16. The van der Waals surface area contributed by atoms with E-state index in [1.165, 1.54) is 4.90 Å². The van der Waals surface area contributed by atoms with Gasteiger partial charge in [0.05, 0.1) is 18.6 Å². The van der Waals surface area contributed by atoms with Gasteiger partial charge < -0.3 is 14.9 Å². The smallest absolute Gasteiger partial charge is 0.407 e. The van der Waals surface area contributed by atoms with Crippen LogP contribution in [0.4, 0.5) is 9.18 Å². The normalized spacial score (nSPS) is 31.2. The van der Waals surface area contributed by atoms with Crippen LogP contribution >= 0.6 is 0 Å². The molecule has 94 valence electrons. The summed E-state index contributed by atoms with van der Waals surface area (Å²) in [6.45, 7) is 5.81. The van der Waals surface area contributed by atoms with Crippen molar-refractivity contribution in [3.05, 3.63) is 0 Å². The lowest BCUT2D eigenvalue weighted by atomic mass is 9.82. The molecule has 3 unspecified atom stereocenters. The highest BCUT2D eigenvalue weighted by Gasteiger charge is 2.50. The Morgan fingerprint density at radius 2 is 1.94 bits per heavy atom. The summed E-state index contributed by atoms with van der Waals surface area (Å²) in [7, 11) is 3.59. The third-order valence-electron chi connectivity index (χ3n) is 3.13. The fourth-order valence-corrected chi connectivity index (χ4v) is 2.57. The molecule has 0 spiro atoms. The second-order valence-corrected chi connectivity index (χ2v) is 5.72. The summed E-state index contributed by atoms with van der Waals surface area (Å²) in [5.74, 6) is 0. The van der Waals surface area contributed by atoms with Gasteiger partial charge in [-0.3, -0.25) is 0 Å². The lowest BCUT2D eigenvalue weighted by Crippen LogP contribution is -2.52. The summed E-state index contributed by atoms with van der Waals surface area (Å²) in [6.07, 6.45) is -2.15. The quantitative estimate of drug-likeness (QED) is 0.747. The molecule has 0 saturated carbocycles. The fourth-order valence-electron chi connectivity index (χ4n) is 2.57. The van der Waals surface area contributed by atoms with Crippen molar-refractivity contribution in [1.29, 1.82) is 0 Å². The van der Waals surface area contributed by atoms with Crippen molar-refractivity contribution in [3.63, 3.8) is 0 Å². The topological polar surface area (TPSA) is 43.8 Å². The number of carboxylic acid groups (broad SMARTS) is 1. The van der Waals surface area contributed by atoms with Crippen molar-refractivity contribution in [2.24, 2.45) is 5.41 Å². The van der Waals surface area contributed by atoms with Crippen LogP contribution in [0.25, 0.3) is 0 Å². The van der Waals surface area contributed by atoms with Crippen LogP contribution in [-0.2, 0) is 0 Å².